The maximum Gasteiger partial charge on any atom is 0.239 e. The third kappa shape index (κ3) is 3.88. The van der Waals surface area contributed by atoms with Crippen LogP contribution in [0.1, 0.15) is 31.2 Å². The molecule has 0 aliphatic rings. The Labute approximate surface area is 162 Å². The van der Waals surface area contributed by atoms with Gasteiger partial charge in [0.15, 0.2) is 5.82 Å². The van der Waals surface area contributed by atoms with Gasteiger partial charge in [0, 0.05) is 17.5 Å². The number of hydrogen-bond acceptors (Lipinski definition) is 6. The maximum absolute atomic E-state index is 12.4. The molecule has 0 aromatic carbocycles. The first kappa shape index (κ1) is 18.8. The Morgan fingerprint density at radius 3 is 2.62 bits per heavy atom. The zero-order valence-corrected chi connectivity index (χ0v) is 17.6. The molecular formula is C19H24N4OS2. The number of hydrogen-bond donors (Lipinski definition) is 1. The van der Waals surface area contributed by atoms with Crippen molar-refractivity contribution in [2.24, 2.45) is 0 Å². The average molecular weight is 389 g/mol. The van der Waals surface area contributed by atoms with Crippen LogP contribution in [0.3, 0.4) is 0 Å². The maximum atomic E-state index is 12.4. The van der Waals surface area contributed by atoms with Crippen LogP contribution in [0.2, 0.25) is 0 Å². The zero-order chi connectivity index (χ0) is 19.1. The Morgan fingerprint density at radius 1 is 1.27 bits per heavy atom. The van der Waals surface area contributed by atoms with E-state index in [1.165, 1.54) is 10.4 Å². The molecule has 0 bridgehead atoms. The van der Waals surface area contributed by atoms with Gasteiger partial charge in [0.05, 0.1) is 16.8 Å². The Kier molecular flexibility index (Phi) is 5.03. The SMILES string of the molecule is Cc1sc2nc(-c3cccs3)nc(N(C)CC(=O)NC(C)(C)C)c2c1C. The fourth-order valence-corrected chi connectivity index (χ4v) is 4.45. The molecule has 0 spiro atoms. The number of aryl methyl sites for hydroxylation is 2. The Hall–Kier alpha value is -1.99. The second-order valence-electron chi connectivity index (χ2n) is 7.47. The summed E-state index contributed by atoms with van der Waals surface area (Å²) in [6.45, 7) is 10.4. The fourth-order valence-electron chi connectivity index (χ4n) is 2.77. The highest BCUT2D eigenvalue weighted by Gasteiger charge is 2.21. The van der Waals surface area contributed by atoms with Gasteiger partial charge in [0.25, 0.3) is 0 Å². The molecule has 1 amide bonds. The lowest BCUT2D eigenvalue weighted by molar-refractivity contribution is -0.121. The molecule has 138 valence electrons. The number of thiophene rings is 2. The molecule has 0 radical (unpaired) electrons. The molecule has 0 atom stereocenters. The van der Waals surface area contributed by atoms with E-state index in [4.69, 9.17) is 9.97 Å². The van der Waals surface area contributed by atoms with Gasteiger partial charge >= 0.3 is 0 Å². The van der Waals surface area contributed by atoms with Gasteiger partial charge in [-0.05, 0) is 51.6 Å². The van der Waals surface area contributed by atoms with Crippen molar-refractivity contribution in [3.8, 4) is 10.7 Å². The second-order valence-corrected chi connectivity index (χ2v) is 9.62. The number of nitrogens with zero attached hydrogens (tertiary/aromatic N) is 3. The standard InChI is InChI=1S/C19H24N4OS2/c1-11-12(2)26-18-15(11)17(20-16(21-18)13-8-7-9-25-13)23(6)10-14(24)22-19(3,4)5/h7-9H,10H2,1-6H3,(H,22,24). The lowest BCUT2D eigenvalue weighted by Crippen LogP contribution is -2.45. The van der Waals surface area contributed by atoms with E-state index < -0.39 is 0 Å². The van der Waals surface area contributed by atoms with Crippen molar-refractivity contribution in [2.75, 3.05) is 18.5 Å². The Balaban J connectivity index is 2.04. The summed E-state index contributed by atoms with van der Waals surface area (Å²) < 4.78 is 0. The zero-order valence-electron chi connectivity index (χ0n) is 16.0. The predicted molar refractivity (Wildman–Crippen MR) is 111 cm³/mol. The van der Waals surface area contributed by atoms with Gasteiger partial charge < -0.3 is 10.2 Å². The third-order valence-corrected chi connectivity index (χ3v) is 5.97. The lowest BCUT2D eigenvalue weighted by Gasteiger charge is -2.24. The van der Waals surface area contributed by atoms with Gasteiger partial charge in [0.2, 0.25) is 5.91 Å². The van der Waals surface area contributed by atoms with Crippen LogP contribution in [0.25, 0.3) is 20.9 Å². The van der Waals surface area contributed by atoms with Crippen LogP contribution in [-0.2, 0) is 4.79 Å². The van der Waals surface area contributed by atoms with Crippen LogP contribution in [-0.4, -0.2) is 35.0 Å². The van der Waals surface area contributed by atoms with Crippen molar-refractivity contribution in [3.05, 3.63) is 28.0 Å². The summed E-state index contributed by atoms with van der Waals surface area (Å²) in [5, 5.41) is 6.07. The molecule has 7 heteroatoms. The number of nitrogens with one attached hydrogen (secondary N) is 1. The first-order valence-electron chi connectivity index (χ1n) is 8.49. The number of amides is 1. The van der Waals surface area contributed by atoms with E-state index in [1.54, 1.807) is 22.7 Å². The molecule has 0 saturated heterocycles. The molecule has 3 rings (SSSR count). The minimum atomic E-state index is -0.254. The van der Waals surface area contributed by atoms with Crippen molar-refractivity contribution in [2.45, 2.75) is 40.2 Å². The van der Waals surface area contributed by atoms with Gasteiger partial charge in [-0.2, -0.15) is 0 Å². The molecule has 3 aromatic rings. The molecule has 3 heterocycles. The van der Waals surface area contributed by atoms with E-state index in [9.17, 15) is 4.79 Å². The fraction of sp³-hybridized carbons (Fsp3) is 0.421. The van der Waals surface area contributed by atoms with Crippen molar-refractivity contribution in [1.29, 1.82) is 0 Å². The van der Waals surface area contributed by atoms with Crippen LogP contribution in [0.5, 0.6) is 0 Å². The summed E-state index contributed by atoms with van der Waals surface area (Å²) in [6, 6.07) is 4.02. The van der Waals surface area contributed by atoms with Gasteiger partial charge in [-0.1, -0.05) is 6.07 Å². The predicted octanol–water partition coefficient (Wildman–Crippen LogP) is 4.39. The highest BCUT2D eigenvalue weighted by molar-refractivity contribution is 7.19. The first-order chi connectivity index (χ1) is 12.2. The van der Waals surface area contributed by atoms with Crippen molar-refractivity contribution < 1.29 is 4.79 Å². The number of anilines is 1. The van der Waals surface area contributed by atoms with E-state index in [0.717, 1.165) is 20.9 Å². The van der Waals surface area contributed by atoms with Crippen LogP contribution in [0.15, 0.2) is 17.5 Å². The summed E-state index contributed by atoms with van der Waals surface area (Å²) >= 11 is 3.30. The number of carbonyl (C=O) groups is 1. The van der Waals surface area contributed by atoms with Crippen LogP contribution in [0.4, 0.5) is 5.82 Å². The Morgan fingerprint density at radius 2 is 2.00 bits per heavy atom. The van der Waals surface area contributed by atoms with E-state index >= 15 is 0 Å². The molecule has 5 nitrogen and oxygen atoms in total. The molecule has 0 unspecified atom stereocenters. The van der Waals surface area contributed by atoms with Crippen LogP contribution < -0.4 is 10.2 Å². The highest BCUT2D eigenvalue weighted by atomic mass is 32.1. The average Bonchev–Trinajstić information content (AvgIpc) is 3.14. The largest absolute Gasteiger partial charge is 0.350 e. The minimum absolute atomic E-state index is 0.0194. The summed E-state index contributed by atoms with van der Waals surface area (Å²) in [7, 11) is 1.91. The quantitative estimate of drug-likeness (QED) is 0.720. The number of aromatic nitrogens is 2. The molecule has 26 heavy (non-hydrogen) atoms. The molecule has 1 N–H and O–H groups in total. The van der Waals surface area contributed by atoms with Crippen LogP contribution in [0, 0.1) is 13.8 Å². The van der Waals surface area contributed by atoms with E-state index in [1.807, 2.05) is 50.2 Å². The molecule has 0 fully saturated rings. The smallest absolute Gasteiger partial charge is 0.239 e. The Bertz CT molecular complexity index is 939. The van der Waals surface area contributed by atoms with Gasteiger partial charge in [-0.3, -0.25) is 4.79 Å². The van der Waals surface area contributed by atoms with Crippen molar-refractivity contribution in [3.63, 3.8) is 0 Å². The number of carbonyl (C=O) groups excluding carboxylic acids is 1. The summed E-state index contributed by atoms with van der Waals surface area (Å²) in [6.07, 6.45) is 0. The van der Waals surface area contributed by atoms with E-state index in [0.29, 0.717) is 5.82 Å². The molecule has 0 saturated carbocycles. The van der Waals surface area contributed by atoms with E-state index in [-0.39, 0.29) is 18.0 Å². The summed E-state index contributed by atoms with van der Waals surface area (Å²) in [5.41, 5.74) is 0.927. The van der Waals surface area contributed by atoms with Gasteiger partial charge in [0.1, 0.15) is 10.6 Å². The normalized spacial score (nSPS) is 11.8. The minimum Gasteiger partial charge on any atom is -0.350 e. The van der Waals surface area contributed by atoms with Crippen molar-refractivity contribution in [1.82, 2.24) is 15.3 Å². The summed E-state index contributed by atoms with van der Waals surface area (Å²) in [5.74, 6) is 1.50. The van der Waals surface area contributed by atoms with Crippen molar-refractivity contribution >= 4 is 44.6 Å². The number of likely N-dealkylation sites (N-methyl/N-ethyl adjacent to an activating group) is 1. The van der Waals surface area contributed by atoms with Gasteiger partial charge in [-0.15, -0.1) is 22.7 Å². The molecule has 3 aromatic heterocycles. The van der Waals surface area contributed by atoms with E-state index in [2.05, 4.69) is 19.2 Å². The molecular weight excluding hydrogens is 364 g/mol. The van der Waals surface area contributed by atoms with Crippen LogP contribution >= 0.6 is 22.7 Å². The first-order valence-corrected chi connectivity index (χ1v) is 10.2. The molecule has 0 aliphatic carbocycles. The third-order valence-electron chi connectivity index (χ3n) is 4.01. The lowest BCUT2D eigenvalue weighted by atomic mass is 10.1. The molecule has 0 aliphatic heterocycles. The van der Waals surface area contributed by atoms with Gasteiger partial charge in [-0.25, -0.2) is 9.97 Å². The second kappa shape index (κ2) is 6.96. The highest BCUT2D eigenvalue weighted by Crippen LogP contribution is 2.36. The topological polar surface area (TPSA) is 58.1 Å². The number of fused-ring (bicyclic) bond motifs is 1. The monoisotopic (exact) mass is 388 g/mol. The number of rotatable bonds is 4. The summed E-state index contributed by atoms with van der Waals surface area (Å²) in [4.78, 5) is 27.1.